The molecule has 52 valence electrons. The molecule has 0 bridgehead atoms. The predicted molar refractivity (Wildman–Crippen MR) is 42.7 cm³/mol. The van der Waals surface area contributed by atoms with Crippen LogP contribution in [0.25, 0.3) is 0 Å². The fourth-order valence-electron chi connectivity index (χ4n) is 0.469. The van der Waals surface area contributed by atoms with Crippen LogP contribution >= 0.6 is 12.6 Å². The zero-order valence-electron chi connectivity index (χ0n) is 5.63. The van der Waals surface area contributed by atoms with Crippen molar-refractivity contribution in [3.63, 3.8) is 0 Å². The van der Waals surface area contributed by atoms with Crippen LogP contribution in [-0.4, -0.2) is 5.12 Å². The van der Waals surface area contributed by atoms with Crippen molar-refractivity contribution < 1.29 is 4.79 Å². The van der Waals surface area contributed by atoms with Gasteiger partial charge in [-0.15, -0.1) is 12.6 Å². The maximum atomic E-state index is 10.2. The molecule has 2 heteroatoms. The van der Waals surface area contributed by atoms with E-state index >= 15 is 0 Å². The average molecular weight is 144 g/mol. The van der Waals surface area contributed by atoms with E-state index in [9.17, 15) is 4.79 Å². The largest absolute Gasteiger partial charge is 0.287 e. The molecule has 0 aromatic carbocycles. The van der Waals surface area contributed by atoms with Gasteiger partial charge in [-0.1, -0.05) is 25.5 Å². The van der Waals surface area contributed by atoms with Gasteiger partial charge < -0.3 is 0 Å². The Hall–Kier alpha value is -0.240. The van der Waals surface area contributed by atoms with Gasteiger partial charge in [-0.25, -0.2) is 0 Å². The highest BCUT2D eigenvalue weighted by Gasteiger charge is 1.84. The van der Waals surface area contributed by atoms with Crippen LogP contribution in [0.3, 0.4) is 0 Å². The second-order valence-corrected chi connectivity index (χ2v) is 2.36. The van der Waals surface area contributed by atoms with Crippen molar-refractivity contribution in [1.29, 1.82) is 0 Å². The zero-order valence-corrected chi connectivity index (χ0v) is 6.53. The van der Waals surface area contributed by atoms with Gasteiger partial charge in [0.05, 0.1) is 0 Å². The van der Waals surface area contributed by atoms with Crippen molar-refractivity contribution in [1.82, 2.24) is 0 Å². The van der Waals surface area contributed by atoms with Crippen molar-refractivity contribution in [2.45, 2.75) is 26.2 Å². The van der Waals surface area contributed by atoms with E-state index in [4.69, 9.17) is 0 Å². The summed E-state index contributed by atoms with van der Waals surface area (Å²) >= 11 is 3.61. The highest BCUT2D eigenvalue weighted by atomic mass is 32.1. The molecule has 0 rings (SSSR count). The van der Waals surface area contributed by atoms with E-state index in [1.807, 2.05) is 12.2 Å². The molecule has 9 heavy (non-hydrogen) atoms. The smallest absolute Gasteiger partial charge is 0.189 e. The number of unbranched alkanes of at least 4 members (excludes halogenated alkanes) is 1. The van der Waals surface area contributed by atoms with Crippen LogP contribution in [0, 0.1) is 0 Å². The maximum Gasteiger partial charge on any atom is 0.189 e. The van der Waals surface area contributed by atoms with Crippen LogP contribution < -0.4 is 0 Å². The predicted octanol–water partition coefficient (Wildman–Crippen LogP) is 2.19. The van der Waals surface area contributed by atoms with Gasteiger partial charge in [0.1, 0.15) is 0 Å². The normalized spacial score (nSPS) is 10.4. The standard InChI is InChI=1S/C7H12OS/c1-2-3-4-5-6-7(8)9/h4-5H,2-3,6H2,1H3,(H,8,9). The lowest BCUT2D eigenvalue weighted by atomic mass is 10.3. The van der Waals surface area contributed by atoms with Crippen LogP contribution in [0.15, 0.2) is 12.2 Å². The summed E-state index contributed by atoms with van der Waals surface area (Å²) < 4.78 is 0. The van der Waals surface area contributed by atoms with Crippen LogP contribution in [0.1, 0.15) is 26.2 Å². The van der Waals surface area contributed by atoms with Crippen molar-refractivity contribution in [3.05, 3.63) is 12.2 Å². The number of hydrogen-bond acceptors (Lipinski definition) is 1. The first-order valence-corrected chi connectivity index (χ1v) is 3.59. The summed E-state index contributed by atoms with van der Waals surface area (Å²) in [4.78, 5) is 10.2. The Morgan fingerprint density at radius 2 is 2.22 bits per heavy atom. The first-order chi connectivity index (χ1) is 4.27. The Labute approximate surface area is 61.6 Å². The fraction of sp³-hybridized carbons (Fsp3) is 0.571. The third kappa shape index (κ3) is 7.76. The average Bonchev–Trinajstić information content (AvgIpc) is 1.80. The van der Waals surface area contributed by atoms with Gasteiger partial charge in [0.15, 0.2) is 5.12 Å². The molecule has 0 aromatic rings. The summed E-state index contributed by atoms with van der Waals surface area (Å²) in [5.41, 5.74) is 0. The van der Waals surface area contributed by atoms with E-state index in [0.717, 1.165) is 12.8 Å². The molecule has 0 amide bonds. The summed E-state index contributed by atoms with van der Waals surface area (Å²) in [6.07, 6.45) is 6.52. The number of hydrogen-bond donors (Lipinski definition) is 1. The Morgan fingerprint density at radius 1 is 1.56 bits per heavy atom. The SMILES string of the molecule is CCCC=CCC(=O)S. The molecule has 0 N–H and O–H groups in total. The van der Waals surface area contributed by atoms with Crippen molar-refractivity contribution in [2.24, 2.45) is 0 Å². The number of allylic oxidation sites excluding steroid dienone is 2. The van der Waals surface area contributed by atoms with Gasteiger partial charge >= 0.3 is 0 Å². The molecular formula is C7H12OS. The van der Waals surface area contributed by atoms with E-state index in [2.05, 4.69) is 19.6 Å². The summed E-state index contributed by atoms with van der Waals surface area (Å²) in [6, 6.07) is 0. The third-order valence-electron chi connectivity index (χ3n) is 0.914. The Kier molecular flexibility index (Phi) is 5.73. The molecule has 0 unspecified atom stereocenters. The Morgan fingerprint density at radius 3 is 2.67 bits per heavy atom. The molecule has 0 aliphatic heterocycles. The number of carbonyl (C=O) groups is 1. The molecule has 0 radical (unpaired) electrons. The van der Waals surface area contributed by atoms with Gasteiger partial charge in [0.2, 0.25) is 0 Å². The molecule has 0 fully saturated rings. The number of carbonyl (C=O) groups excluding carboxylic acids is 1. The molecule has 0 aromatic heterocycles. The quantitative estimate of drug-likeness (QED) is 0.473. The van der Waals surface area contributed by atoms with Crippen LogP contribution in [0.5, 0.6) is 0 Å². The van der Waals surface area contributed by atoms with Gasteiger partial charge in [0, 0.05) is 6.42 Å². The minimum absolute atomic E-state index is 0.0673. The molecular weight excluding hydrogens is 132 g/mol. The lowest BCUT2D eigenvalue weighted by Crippen LogP contribution is -1.79. The van der Waals surface area contributed by atoms with E-state index < -0.39 is 0 Å². The van der Waals surface area contributed by atoms with Crippen molar-refractivity contribution in [3.8, 4) is 0 Å². The zero-order chi connectivity index (χ0) is 7.11. The van der Waals surface area contributed by atoms with Gasteiger partial charge in [-0.05, 0) is 6.42 Å². The van der Waals surface area contributed by atoms with Crippen LogP contribution in [0.2, 0.25) is 0 Å². The first-order valence-electron chi connectivity index (χ1n) is 3.14. The highest BCUT2D eigenvalue weighted by molar-refractivity contribution is 7.96. The third-order valence-corrected chi connectivity index (χ3v) is 1.10. The Balaban J connectivity index is 3.14. The first kappa shape index (κ1) is 8.76. The molecule has 0 spiro atoms. The lowest BCUT2D eigenvalue weighted by Gasteiger charge is -1.83. The van der Waals surface area contributed by atoms with E-state index in [0.29, 0.717) is 6.42 Å². The van der Waals surface area contributed by atoms with Gasteiger partial charge in [-0.3, -0.25) is 4.79 Å². The second-order valence-electron chi connectivity index (χ2n) is 1.86. The molecule has 0 saturated carbocycles. The van der Waals surface area contributed by atoms with E-state index in [-0.39, 0.29) is 5.12 Å². The van der Waals surface area contributed by atoms with Crippen molar-refractivity contribution >= 4 is 17.7 Å². The minimum atomic E-state index is -0.0673. The van der Waals surface area contributed by atoms with Gasteiger partial charge in [-0.2, -0.15) is 0 Å². The van der Waals surface area contributed by atoms with Crippen LogP contribution in [-0.2, 0) is 4.79 Å². The summed E-state index contributed by atoms with van der Waals surface area (Å²) in [6.45, 7) is 2.10. The molecule has 1 nitrogen and oxygen atoms in total. The monoisotopic (exact) mass is 144 g/mol. The molecule has 0 aliphatic rings. The summed E-state index contributed by atoms with van der Waals surface area (Å²) in [7, 11) is 0. The fourth-order valence-corrected chi connectivity index (χ4v) is 0.574. The van der Waals surface area contributed by atoms with Crippen LogP contribution in [0.4, 0.5) is 0 Å². The highest BCUT2D eigenvalue weighted by Crippen LogP contribution is 1.93. The maximum absolute atomic E-state index is 10.2. The van der Waals surface area contributed by atoms with Gasteiger partial charge in [0.25, 0.3) is 0 Å². The topological polar surface area (TPSA) is 17.1 Å². The number of thiol groups is 1. The van der Waals surface area contributed by atoms with E-state index in [1.165, 1.54) is 0 Å². The molecule has 0 aliphatic carbocycles. The Bertz CT molecular complexity index is 107. The number of rotatable bonds is 4. The second kappa shape index (κ2) is 5.89. The summed E-state index contributed by atoms with van der Waals surface area (Å²) in [5, 5.41) is -0.0673. The van der Waals surface area contributed by atoms with E-state index in [1.54, 1.807) is 0 Å². The minimum Gasteiger partial charge on any atom is -0.287 e. The van der Waals surface area contributed by atoms with Crippen molar-refractivity contribution in [2.75, 3.05) is 0 Å². The summed E-state index contributed by atoms with van der Waals surface area (Å²) in [5.74, 6) is 0. The lowest BCUT2D eigenvalue weighted by molar-refractivity contribution is -0.110. The molecule has 0 saturated heterocycles. The molecule has 0 heterocycles. The molecule has 0 atom stereocenters.